The summed E-state index contributed by atoms with van der Waals surface area (Å²) in [4.78, 5) is 8.65. The predicted octanol–water partition coefficient (Wildman–Crippen LogP) is 1.97. The van der Waals surface area contributed by atoms with Gasteiger partial charge in [-0.2, -0.15) is 0 Å². The second kappa shape index (κ2) is 3.73. The van der Waals surface area contributed by atoms with Crippen LogP contribution in [0.5, 0.6) is 5.75 Å². The van der Waals surface area contributed by atoms with Crippen molar-refractivity contribution in [3.05, 3.63) is 35.5 Å². The number of hydrogen-bond acceptors (Lipinski definition) is 4. The van der Waals surface area contributed by atoms with Crippen molar-refractivity contribution in [2.45, 2.75) is 13.3 Å². The molecule has 0 aliphatic carbocycles. The van der Waals surface area contributed by atoms with Gasteiger partial charge in [0.05, 0.1) is 6.61 Å². The molecule has 1 aromatic heterocycles. The number of nitrogen functional groups attached to an aromatic ring is 1. The number of nitrogens with two attached hydrogens (primary N) is 1. The normalized spacial score (nSPS) is 13.2. The lowest BCUT2D eigenvalue weighted by atomic mass is 10.1. The third-order valence-corrected chi connectivity index (χ3v) is 2.82. The van der Waals surface area contributed by atoms with Crippen molar-refractivity contribution in [1.82, 2.24) is 9.97 Å². The van der Waals surface area contributed by atoms with Gasteiger partial charge in [0, 0.05) is 23.7 Å². The van der Waals surface area contributed by atoms with Crippen LogP contribution in [0.4, 0.5) is 5.82 Å². The van der Waals surface area contributed by atoms with Crippen molar-refractivity contribution in [3.63, 3.8) is 0 Å². The molecule has 3 rings (SSSR count). The van der Waals surface area contributed by atoms with E-state index in [-0.39, 0.29) is 0 Å². The molecule has 0 saturated heterocycles. The highest BCUT2D eigenvalue weighted by Crippen LogP contribution is 2.29. The first kappa shape index (κ1) is 10.1. The van der Waals surface area contributed by atoms with E-state index < -0.39 is 0 Å². The molecule has 1 aromatic carbocycles. The lowest BCUT2D eigenvalue weighted by molar-refractivity contribution is 0.357. The van der Waals surface area contributed by atoms with Crippen LogP contribution < -0.4 is 10.5 Å². The Kier molecular flexibility index (Phi) is 2.21. The molecule has 0 spiro atoms. The lowest BCUT2D eigenvalue weighted by Crippen LogP contribution is -1.97. The highest BCUT2D eigenvalue weighted by atomic mass is 16.5. The molecule has 4 nitrogen and oxygen atoms in total. The van der Waals surface area contributed by atoms with Gasteiger partial charge in [0.25, 0.3) is 0 Å². The highest BCUT2D eigenvalue weighted by molar-refractivity contribution is 5.60. The maximum absolute atomic E-state index is 5.73. The molecule has 1 aliphatic heterocycles. The number of aromatic nitrogens is 2. The maximum atomic E-state index is 5.73. The van der Waals surface area contributed by atoms with Crippen molar-refractivity contribution in [3.8, 4) is 17.1 Å². The van der Waals surface area contributed by atoms with Gasteiger partial charge >= 0.3 is 0 Å². The highest BCUT2D eigenvalue weighted by Gasteiger charge is 2.13. The van der Waals surface area contributed by atoms with Crippen LogP contribution in [0, 0.1) is 6.92 Å². The Hall–Kier alpha value is -2.10. The first-order valence-electron chi connectivity index (χ1n) is 5.59. The van der Waals surface area contributed by atoms with E-state index in [2.05, 4.69) is 16.0 Å². The predicted molar refractivity (Wildman–Crippen MR) is 65.8 cm³/mol. The van der Waals surface area contributed by atoms with E-state index in [0.717, 1.165) is 30.0 Å². The van der Waals surface area contributed by atoms with Gasteiger partial charge in [0.2, 0.25) is 0 Å². The average Bonchev–Trinajstić information content (AvgIpc) is 2.74. The summed E-state index contributed by atoms with van der Waals surface area (Å²) in [5.74, 6) is 2.15. The zero-order chi connectivity index (χ0) is 11.8. The molecule has 1 aliphatic rings. The Morgan fingerprint density at radius 1 is 1.24 bits per heavy atom. The fourth-order valence-electron chi connectivity index (χ4n) is 2.05. The summed E-state index contributed by atoms with van der Waals surface area (Å²) in [5, 5.41) is 0. The van der Waals surface area contributed by atoms with Gasteiger partial charge in [-0.05, 0) is 30.7 Å². The fourth-order valence-corrected chi connectivity index (χ4v) is 2.05. The summed E-state index contributed by atoms with van der Waals surface area (Å²) >= 11 is 0. The topological polar surface area (TPSA) is 61.0 Å². The van der Waals surface area contributed by atoms with E-state index in [1.165, 1.54) is 5.56 Å². The molecule has 0 fully saturated rings. The summed E-state index contributed by atoms with van der Waals surface area (Å²) in [7, 11) is 0. The standard InChI is InChI=1S/C13H13N3O/c1-8-6-12(14)16-13(15-8)10-2-3-11-9(7-10)4-5-17-11/h2-3,6-7H,4-5H2,1H3,(H2,14,15,16). The van der Waals surface area contributed by atoms with Gasteiger partial charge in [-0.1, -0.05) is 0 Å². The average molecular weight is 227 g/mol. The molecule has 2 heterocycles. The van der Waals surface area contributed by atoms with Crippen molar-refractivity contribution in [2.24, 2.45) is 0 Å². The Bertz CT molecular complexity index is 561. The second-order valence-corrected chi connectivity index (χ2v) is 4.18. The molecule has 0 bridgehead atoms. The molecular formula is C13H13N3O. The van der Waals surface area contributed by atoms with Crippen LogP contribution in [0.3, 0.4) is 0 Å². The van der Waals surface area contributed by atoms with Gasteiger partial charge in [-0.15, -0.1) is 0 Å². The molecule has 0 unspecified atom stereocenters. The summed E-state index contributed by atoms with van der Waals surface area (Å²) in [6.07, 6.45) is 0.949. The first-order chi connectivity index (χ1) is 8.22. The largest absolute Gasteiger partial charge is 0.493 e. The third kappa shape index (κ3) is 1.82. The van der Waals surface area contributed by atoms with E-state index in [0.29, 0.717) is 11.6 Å². The van der Waals surface area contributed by atoms with Gasteiger partial charge in [-0.3, -0.25) is 0 Å². The summed E-state index contributed by atoms with van der Waals surface area (Å²) in [6.45, 7) is 2.67. The van der Waals surface area contributed by atoms with Crippen LogP contribution in [0.2, 0.25) is 0 Å². The quantitative estimate of drug-likeness (QED) is 0.809. The molecule has 0 atom stereocenters. The number of benzene rings is 1. The SMILES string of the molecule is Cc1cc(N)nc(-c2ccc3c(c2)CCO3)n1. The van der Waals surface area contributed by atoms with Crippen LogP contribution in [-0.4, -0.2) is 16.6 Å². The summed E-state index contributed by atoms with van der Waals surface area (Å²) < 4.78 is 5.47. The van der Waals surface area contributed by atoms with E-state index in [9.17, 15) is 0 Å². The number of aryl methyl sites for hydroxylation is 1. The van der Waals surface area contributed by atoms with Crippen LogP contribution in [0.15, 0.2) is 24.3 Å². The summed E-state index contributed by atoms with van der Waals surface area (Å²) in [5.41, 5.74) is 8.82. The number of nitrogens with zero attached hydrogens (tertiary/aromatic N) is 2. The van der Waals surface area contributed by atoms with Gasteiger partial charge in [-0.25, -0.2) is 9.97 Å². The van der Waals surface area contributed by atoms with Crippen LogP contribution in [0.1, 0.15) is 11.3 Å². The zero-order valence-electron chi connectivity index (χ0n) is 9.60. The second-order valence-electron chi connectivity index (χ2n) is 4.18. The van der Waals surface area contributed by atoms with Crippen molar-refractivity contribution < 1.29 is 4.74 Å². The molecular weight excluding hydrogens is 214 g/mol. The molecule has 17 heavy (non-hydrogen) atoms. The van der Waals surface area contributed by atoms with Crippen LogP contribution in [-0.2, 0) is 6.42 Å². The van der Waals surface area contributed by atoms with Crippen molar-refractivity contribution in [2.75, 3.05) is 12.3 Å². The molecule has 86 valence electrons. The van der Waals surface area contributed by atoms with Gasteiger partial charge in [0.15, 0.2) is 5.82 Å². The lowest BCUT2D eigenvalue weighted by Gasteiger charge is -2.05. The third-order valence-electron chi connectivity index (χ3n) is 2.82. The van der Waals surface area contributed by atoms with Gasteiger partial charge in [0.1, 0.15) is 11.6 Å². The molecule has 4 heteroatoms. The van der Waals surface area contributed by atoms with E-state index in [4.69, 9.17) is 10.5 Å². The van der Waals surface area contributed by atoms with Crippen molar-refractivity contribution >= 4 is 5.82 Å². The van der Waals surface area contributed by atoms with Crippen LogP contribution >= 0.6 is 0 Å². The Morgan fingerprint density at radius 2 is 2.12 bits per heavy atom. The Labute approximate surface area is 99.5 Å². The smallest absolute Gasteiger partial charge is 0.161 e. The number of fused-ring (bicyclic) bond motifs is 1. The minimum absolute atomic E-state index is 0.504. The fraction of sp³-hybridized carbons (Fsp3) is 0.231. The number of ether oxygens (including phenoxy) is 1. The molecule has 2 N–H and O–H groups in total. The van der Waals surface area contributed by atoms with Crippen molar-refractivity contribution in [1.29, 1.82) is 0 Å². The summed E-state index contributed by atoms with van der Waals surface area (Å²) in [6, 6.07) is 7.79. The minimum atomic E-state index is 0.504. The number of hydrogen-bond donors (Lipinski definition) is 1. The van der Waals surface area contributed by atoms with E-state index in [1.54, 1.807) is 6.07 Å². The molecule has 0 saturated carbocycles. The number of anilines is 1. The maximum Gasteiger partial charge on any atom is 0.161 e. The molecule has 0 amide bonds. The first-order valence-corrected chi connectivity index (χ1v) is 5.59. The zero-order valence-corrected chi connectivity index (χ0v) is 9.60. The van der Waals surface area contributed by atoms with E-state index >= 15 is 0 Å². The van der Waals surface area contributed by atoms with Crippen LogP contribution in [0.25, 0.3) is 11.4 Å². The minimum Gasteiger partial charge on any atom is -0.493 e. The Morgan fingerprint density at radius 3 is 2.94 bits per heavy atom. The Balaban J connectivity index is 2.09. The van der Waals surface area contributed by atoms with E-state index in [1.807, 2.05) is 19.1 Å². The molecule has 0 radical (unpaired) electrons. The molecule has 2 aromatic rings. The van der Waals surface area contributed by atoms with Gasteiger partial charge < -0.3 is 10.5 Å². The number of rotatable bonds is 1. The monoisotopic (exact) mass is 227 g/mol.